The monoisotopic (exact) mass is 360 g/mol. The van der Waals surface area contributed by atoms with E-state index < -0.39 is 0 Å². The summed E-state index contributed by atoms with van der Waals surface area (Å²) in [7, 11) is 1.84. The van der Waals surface area contributed by atoms with Crippen molar-refractivity contribution in [2.24, 2.45) is 7.05 Å². The molecule has 2 heterocycles. The number of aryl methyl sites for hydroxylation is 3. The van der Waals surface area contributed by atoms with E-state index in [0.29, 0.717) is 16.7 Å². The lowest BCUT2D eigenvalue weighted by molar-refractivity contribution is 0.297. The maximum Gasteiger partial charge on any atom is 0.235 e. The normalized spacial score (nSPS) is 11.1. The molecular weight excluding hydrogens is 340 g/mol. The minimum Gasteiger partial charge on any atom is -0.481 e. The van der Waals surface area contributed by atoms with Gasteiger partial charge >= 0.3 is 0 Å². The van der Waals surface area contributed by atoms with Crippen LogP contribution < -0.4 is 10.2 Å². The van der Waals surface area contributed by atoms with Crippen LogP contribution in [0.15, 0.2) is 64.1 Å². The highest BCUT2D eigenvalue weighted by atomic mass is 16.5. The van der Waals surface area contributed by atoms with E-state index in [1.54, 1.807) is 10.9 Å². The van der Waals surface area contributed by atoms with Crippen LogP contribution in [0.2, 0.25) is 0 Å². The second kappa shape index (κ2) is 6.76. The van der Waals surface area contributed by atoms with E-state index in [1.807, 2.05) is 69.6 Å². The molecule has 5 heteroatoms. The van der Waals surface area contributed by atoms with Crippen LogP contribution in [0.4, 0.5) is 0 Å². The van der Waals surface area contributed by atoms with Gasteiger partial charge in [-0.25, -0.2) is 0 Å². The van der Waals surface area contributed by atoms with Crippen LogP contribution in [0.3, 0.4) is 0 Å². The van der Waals surface area contributed by atoms with Gasteiger partial charge < -0.3 is 9.15 Å². The maximum atomic E-state index is 13.2. The smallest absolute Gasteiger partial charge is 0.235 e. The van der Waals surface area contributed by atoms with E-state index in [9.17, 15) is 4.79 Å². The van der Waals surface area contributed by atoms with Gasteiger partial charge in [0, 0.05) is 24.4 Å². The third kappa shape index (κ3) is 3.24. The van der Waals surface area contributed by atoms with Crippen LogP contribution in [0, 0.1) is 13.8 Å². The summed E-state index contributed by atoms with van der Waals surface area (Å²) in [6.45, 7) is 4.23. The Morgan fingerprint density at radius 3 is 2.56 bits per heavy atom. The molecule has 0 fully saturated rings. The first kappa shape index (κ1) is 17.1. The maximum absolute atomic E-state index is 13.2. The van der Waals surface area contributed by atoms with Crippen LogP contribution in [0.25, 0.3) is 22.3 Å². The van der Waals surface area contributed by atoms with Gasteiger partial charge in [-0.1, -0.05) is 30.3 Å². The molecule has 27 heavy (non-hydrogen) atoms. The molecule has 0 aliphatic heterocycles. The molecule has 2 aromatic carbocycles. The fourth-order valence-electron chi connectivity index (χ4n) is 3.05. The van der Waals surface area contributed by atoms with Crippen molar-refractivity contribution in [1.82, 2.24) is 9.78 Å². The van der Waals surface area contributed by atoms with Crippen molar-refractivity contribution in [3.63, 3.8) is 0 Å². The molecule has 0 unspecified atom stereocenters. The first-order valence-corrected chi connectivity index (χ1v) is 8.77. The summed E-state index contributed by atoms with van der Waals surface area (Å²) in [6, 6.07) is 13.3. The number of fused-ring (bicyclic) bond motifs is 1. The summed E-state index contributed by atoms with van der Waals surface area (Å²) in [5, 5.41) is 4.67. The highest BCUT2D eigenvalue weighted by Crippen LogP contribution is 2.32. The Morgan fingerprint density at radius 1 is 1.11 bits per heavy atom. The van der Waals surface area contributed by atoms with Crippen molar-refractivity contribution in [2.75, 3.05) is 0 Å². The van der Waals surface area contributed by atoms with Gasteiger partial charge in [0.05, 0.1) is 11.6 Å². The van der Waals surface area contributed by atoms with Crippen LogP contribution in [0.5, 0.6) is 5.75 Å². The topological polar surface area (TPSA) is 57.3 Å². The minimum atomic E-state index is -0.165. The van der Waals surface area contributed by atoms with Gasteiger partial charge in [-0.15, -0.1) is 0 Å². The van der Waals surface area contributed by atoms with Crippen molar-refractivity contribution in [3.8, 4) is 17.1 Å². The van der Waals surface area contributed by atoms with E-state index in [0.717, 1.165) is 22.3 Å². The highest BCUT2D eigenvalue weighted by molar-refractivity contribution is 5.83. The van der Waals surface area contributed by atoms with Gasteiger partial charge in [0.2, 0.25) is 11.2 Å². The molecule has 0 aliphatic rings. The molecule has 4 rings (SSSR count). The van der Waals surface area contributed by atoms with Gasteiger partial charge in [0.25, 0.3) is 0 Å². The number of nitrogens with zero attached hydrogens (tertiary/aromatic N) is 2. The van der Waals surface area contributed by atoms with Crippen LogP contribution in [-0.4, -0.2) is 9.78 Å². The molecule has 0 saturated heterocycles. The van der Waals surface area contributed by atoms with E-state index >= 15 is 0 Å². The molecule has 0 saturated carbocycles. The van der Waals surface area contributed by atoms with E-state index in [1.165, 1.54) is 0 Å². The van der Waals surface area contributed by atoms with E-state index in [-0.39, 0.29) is 17.8 Å². The van der Waals surface area contributed by atoms with Crippen LogP contribution >= 0.6 is 0 Å². The summed E-state index contributed by atoms with van der Waals surface area (Å²) < 4.78 is 13.8. The average Bonchev–Trinajstić information content (AvgIpc) is 3.08. The zero-order valence-corrected chi connectivity index (χ0v) is 15.5. The summed E-state index contributed by atoms with van der Waals surface area (Å²) in [6.07, 6.45) is 3.58. The quantitative estimate of drug-likeness (QED) is 0.542. The standard InChI is InChI=1S/C22H20N2O3/c1-14-9-18-19(10-15(14)2)27-21(17-7-5-4-6-8-17)22(20(18)25)26-13-16-11-23-24(3)12-16/h4-12H,13H2,1-3H3. The fourth-order valence-corrected chi connectivity index (χ4v) is 3.05. The third-order valence-corrected chi connectivity index (χ3v) is 4.64. The molecule has 0 atom stereocenters. The summed E-state index contributed by atoms with van der Waals surface area (Å²) in [5.74, 6) is 0.668. The number of aromatic nitrogens is 2. The SMILES string of the molecule is Cc1cc2oc(-c3ccccc3)c(OCc3cnn(C)c3)c(=O)c2cc1C. The van der Waals surface area contributed by atoms with E-state index in [4.69, 9.17) is 9.15 Å². The lowest BCUT2D eigenvalue weighted by Gasteiger charge is -2.12. The van der Waals surface area contributed by atoms with Crippen molar-refractivity contribution in [3.05, 3.63) is 81.8 Å². The molecule has 0 radical (unpaired) electrons. The summed E-state index contributed by atoms with van der Waals surface area (Å²) >= 11 is 0. The van der Waals surface area contributed by atoms with Gasteiger partial charge in [0.15, 0.2) is 5.76 Å². The van der Waals surface area contributed by atoms with E-state index in [2.05, 4.69) is 5.10 Å². The molecule has 136 valence electrons. The zero-order chi connectivity index (χ0) is 19.0. The number of rotatable bonds is 4. The first-order valence-electron chi connectivity index (χ1n) is 8.77. The van der Waals surface area contributed by atoms with Crippen molar-refractivity contribution >= 4 is 11.0 Å². The Bertz CT molecular complexity index is 1170. The fraction of sp³-hybridized carbons (Fsp3) is 0.182. The van der Waals surface area contributed by atoms with Crippen LogP contribution in [0.1, 0.15) is 16.7 Å². The molecule has 0 aliphatic carbocycles. The first-order chi connectivity index (χ1) is 13.0. The average molecular weight is 360 g/mol. The Balaban J connectivity index is 1.89. The van der Waals surface area contributed by atoms with Crippen molar-refractivity contribution in [2.45, 2.75) is 20.5 Å². The minimum absolute atomic E-state index is 0.165. The zero-order valence-electron chi connectivity index (χ0n) is 15.5. The predicted molar refractivity (Wildman–Crippen MR) is 105 cm³/mol. The molecule has 0 amide bonds. The van der Waals surface area contributed by atoms with Gasteiger partial charge in [-0.05, 0) is 37.1 Å². The Hall–Kier alpha value is -3.34. The number of ether oxygens (including phenoxy) is 1. The number of hydrogen-bond donors (Lipinski definition) is 0. The van der Waals surface area contributed by atoms with Gasteiger partial charge in [-0.2, -0.15) is 5.10 Å². The second-order valence-corrected chi connectivity index (χ2v) is 6.70. The summed E-state index contributed by atoms with van der Waals surface area (Å²) in [4.78, 5) is 13.2. The Kier molecular flexibility index (Phi) is 4.28. The second-order valence-electron chi connectivity index (χ2n) is 6.70. The molecule has 0 N–H and O–H groups in total. The highest BCUT2D eigenvalue weighted by Gasteiger charge is 2.18. The van der Waals surface area contributed by atoms with Crippen LogP contribution in [-0.2, 0) is 13.7 Å². The molecule has 0 bridgehead atoms. The number of benzene rings is 2. The Morgan fingerprint density at radius 2 is 1.85 bits per heavy atom. The molecule has 2 aromatic heterocycles. The third-order valence-electron chi connectivity index (χ3n) is 4.64. The van der Waals surface area contributed by atoms with Crippen molar-refractivity contribution < 1.29 is 9.15 Å². The number of hydrogen-bond acceptors (Lipinski definition) is 4. The van der Waals surface area contributed by atoms with Crippen molar-refractivity contribution in [1.29, 1.82) is 0 Å². The predicted octanol–water partition coefficient (Wildman–Crippen LogP) is 4.39. The summed E-state index contributed by atoms with van der Waals surface area (Å²) in [5.41, 5.74) is 4.21. The largest absolute Gasteiger partial charge is 0.481 e. The molecule has 4 aromatic rings. The molecule has 5 nitrogen and oxygen atoms in total. The lowest BCUT2D eigenvalue weighted by Crippen LogP contribution is -2.10. The lowest BCUT2D eigenvalue weighted by atomic mass is 10.0. The van der Waals surface area contributed by atoms with Gasteiger partial charge in [-0.3, -0.25) is 9.48 Å². The molecular formula is C22H20N2O3. The molecule has 0 spiro atoms. The van der Waals surface area contributed by atoms with Gasteiger partial charge in [0.1, 0.15) is 12.2 Å². The Labute approximate surface area is 156 Å².